The summed E-state index contributed by atoms with van der Waals surface area (Å²) in [6.07, 6.45) is 3.48. The van der Waals surface area contributed by atoms with Crippen molar-refractivity contribution in [2.45, 2.75) is 47.0 Å². The van der Waals surface area contributed by atoms with E-state index < -0.39 is 0 Å². The van der Waals surface area contributed by atoms with E-state index >= 15 is 0 Å². The van der Waals surface area contributed by atoms with Crippen LogP contribution in [0.5, 0.6) is 0 Å². The molecule has 0 heteroatoms. The number of benzene rings is 1. The van der Waals surface area contributed by atoms with Crippen LogP contribution in [0.2, 0.25) is 0 Å². The molecule has 0 radical (unpaired) electrons. The smallest absolute Gasteiger partial charge is 0.0302 e. The van der Waals surface area contributed by atoms with E-state index in [1.54, 1.807) is 11.1 Å². The molecule has 1 aromatic rings. The molecule has 0 unspecified atom stereocenters. The van der Waals surface area contributed by atoms with Gasteiger partial charge in [0.2, 0.25) is 0 Å². The summed E-state index contributed by atoms with van der Waals surface area (Å²) in [5.74, 6) is 0. The predicted octanol–water partition coefficient (Wildman–Crippen LogP) is 3.68. The normalized spacial score (nSPS) is 10.5. The maximum absolute atomic E-state index is 2.37. The van der Waals surface area contributed by atoms with Crippen molar-refractivity contribution in [2.24, 2.45) is 0 Å². The Kier molecular flexibility index (Phi) is 3.53. The van der Waals surface area contributed by atoms with Crippen molar-refractivity contribution in [2.75, 3.05) is 0 Å². The predicted molar refractivity (Wildman–Crippen MR) is 59.3 cm³/mol. The average Bonchev–Trinajstić information content (AvgIpc) is 2.16. The van der Waals surface area contributed by atoms with Gasteiger partial charge in [-0.25, -0.2) is 0 Å². The fourth-order valence-electron chi connectivity index (χ4n) is 2.00. The van der Waals surface area contributed by atoms with Gasteiger partial charge >= 0.3 is 0 Å². The highest BCUT2D eigenvalue weighted by atomic mass is 14.1. The highest BCUT2D eigenvalue weighted by Gasteiger charge is 2.03. The van der Waals surface area contributed by atoms with E-state index in [0.29, 0.717) is 0 Å². The van der Waals surface area contributed by atoms with Crippen molar-refractivity contribution >= 4 is 0 Å². The summed E-state index contributed by atoms with van der Waals surface area (Å²) < 4.78 is 0. The SMILES string of the molecule is CCc1cc(C)c(CC)c(CC)c1. The van der Waals surface area contributed by atoms with Crippen molar-refractivity contribution in [1.29, 1.82) is 0 Å². The first-order chi connectivity index (χ1) is 6.22. The Labute approximate surface area is 82.0 Å². The summed E-state index contributed by atoms with van der Waals surface area (Å²) in [4.78, 5) is 0. The van der Waals surface area contributed by atoms with E-state index in [0.717, 1.165) is 12.8 Å². The van der Waals surface area contributed by atoms with Crippen molar-refractivity contribution in [1.82, 2.24) is 0 Å². The van der Waals surface area contributed by atoms with E-state index in [1.165, 1.54) is 17.5 Å². The molecule has 0 aliphatic heterocycles. The minimum Gasteiger partial charge on any atom is -0.0613 e. The quantitative estimate of drug-likeness (QED) is 0.659. The summed E-state index contributed by atoms with van der Waals surface area (Å²) in [7, 11) is 0. The molecule has 72 valence electrons. The fraction of sp³-hybridized carbons (Fsp3) is 0.538. The van der Waals surface area contributed by atoms with Gasteiger partial charge in [-0.3, -0.25) is 0 Å². The van der Waals surface area contributed by atoms with Gasteiger partial charge in [0, 0.05) is 0 Å². The summed E-state index contributed by atoms with van der Waals surface area (Å²) in [6.45, 7) is 8.94. The van der Waals surface area contributed by atoms with Crippen LogP contribution in [-0.4, -0.2) is 0 Å². The fourth-order valence-corrected chi connectivity index (χ4v) is 2.00. The highest BCUT2D eigenvalue weighted by molar-refractivity contribution is 5.38. The van der Waals surface area contributed by atoms with Crippen LogP contribution in [0.1, 0.15) is 43.0 Å². The van der Waals surface area contributed by atoms with Crippen LogP contribution < -0.4 is 0 Å². The zero-order chi connectivity index (χ0) is 9.84. The van der Waals surface area contributed by atoms with Crippen LogP contribution >= 0.6 is 0 Å². The van der Waals surface area contributed by atoms with Gasteiger partial charge in [0.15, 0.2) is 0 Å². The second kappa shape index (κ2) is 4.45. The van der Waals surface area contributed by atoms with Crippen molar-refractivity contribution < 1.29 is 0 Å². The average molecular weight is 176 g/mol. The molecule has 0 N–H and O–H groups in total. The lowest BCUT2D eigenvalue weighted by Gasteiger charge is -2.11. The molecule has 0 fully saturated rings. The minimum atomic E-state index is 1.15. The van der Waals surface area contributed by atoms with Crippen molar-refractivity contribution in [3.8, 4) is 0 Å². The third kappa shape index (κ3) is 2.12. The molecule has 1 rings (SSSR count). The van der Waals surface area contributed by atoms with Gasteiger partial charge in [-0.2, -0.15) is 0 Å². The van der Waals surface area contributed by atoms with Gasteiger partial charge in [-0.1, -0.05) is 32.9 Å². The van der Waals surface area contributed by atoms with E-state index in [-0.39, 0.29) is 0 Å². The van der Waals surface area contributed by atoms with Crippen LogP contribution in [0.15, 0.2) is 12.1 Å². The third-order valence-electron chi connectivity index (χ3n) is 2.77. The Morgan fingerprint density at radius 3 is 2.08 bits per heavy atom. The number of rotatable bonds is 3. The molecule has 0 amide bonds. The molecule has 0 nitrogen and oxygen atoms in total. The second-order valence-electron chi connectivity index (χ2n) is 3.61. The Morgan fingerprint density at radius 1 is 0.923 bits per heavy atom. The summed E-state index contributed by atoms with van der Waals surface area (Å²) in [5, 5.41) is 0. The first-order valence-corrected chi connectivity index (χ1v) is 5.34. The Morgan fingerprint density at radius 2 is 1.62 bits per heavy atom. The molecular formula is C13H20. The largest absolute Gasteiger partial charge is 0.0613 e. The van der Waals surface area contributed by atoms with Crippen LogP contribution in [0.3, 0.4) is 0 Å². The standard InChI is InChI=1S/C13H20/c1-5-11-8-10(4)13(7-3)12(6-2)9-11/h8-9H,5-7H2,1-4H3. The van der Waals surface area contributed by atoms with Gasteiger partial charge < -0.3 is 0 Å². The first-order valence-electron chi connectivity index (χ1n) is 5.34. The summed E-state index contributed by atoms with van der Waals surface area (Å²) >= 11 is 0. The molecule has 0 aliphatic rings. The van der Waals surface area contributed by atoms with E-state index in [9.17, 15) is 0 Å². The summed E-state index contributed by atoms with van der Waals surface area (Å²) in [5.41, 5.74) is 6.05. The molecule has 0 saturated carbocycles. The number of hydrogen-bond donors (Lipinski definition) is 0. The highest BCUT2D eigenvalue weighted by Crippen LogP contribution is 2.18. The topological polar surface area (TPSA) is 0 Å². The van der Waals surface area contributed by atoms with Crippen LogP contribution in [0.4, 0.5) is 0 Å². The molecule has 0 aliphatic carbocycles. The van der Waals surface area contributed by atoms with Gasteiger partial charge in [0.1, 0.15) is 0 Å². The molecule has 0 heterocycles. The Hall–Kier alpha value is -0.780. The second-order valence-corrected chi connectivity index (χ2v) is 3.61. The number of aryl methyl sites for hydroxylation is 3. The van der Waals surface area contributed by atoms with Gasteiger partial charge in [0.05, 0.1) is 0 Å². The zero-order valence-electron chi connectivity index (χ0n) is 9.28. The minimum absolute atomic E-state index is 1.15. The maximum atomic E-state index is 2.37. The summed E-state index contributed by atoms with van der Waals surface area (Å²) in [6, 6.07) is 4.70. The molecule has 0 aromatic heterocycles. The lowest BCUT2D eigenvalue weighted by atomic mass is 9.94. The molecule has 0 saturated heterocycles. The first kappa shape index (κ1) is 10.3. The Bertz CT molecular complexity index is 284. The van der Waals surface area contributed by atoms with Crippen LogP contribution in [0.25, 0.3) is 0 Å². The lowest BCUT2D eigenvalue weighted by Crippen LogP contribution is -1.97. The molecule has 0 bridgehead atoms. The molecular weight excluding hydrogens is 156 g/mol. The Balaban J connectivity index is 3.20. The number of hydrogen-bond acceptors (Lipinski definition) is 0. The third-order valence-corrected chi connectivity index (χ3v) is 2.77. The van der Waals surface area contributed by atoms with Crippen LogP contribution in [0, 0.1) is 6.92 Å². The monoisotopic (exact) mass is 176 g/mol. The maximum Gasteiger partial charge on any atom is -0.0302 e. The van der Waals surface area contributed by atoms with Gasteiger partial charge in [-0.05, 0) is 48.4 Å². The van der Waals surface area contributed by atoms with Crippen molar-refractivity contribution in [3.05, 3.63) is 34.4 Å². The van der Waals surface area contributed by atoms with E-state index in [1.807, 2.05) is 0 Å². The van der Waals surface area contributed by atoms with Gasteiger partial charge in [-0.15, -0.1) is 0 Å². The molecule has 13 heavy (non-hydrogen) atoms. The van der Waals surface area contributed by atoms with Crippen molar-refractivity contribution in [3.63, 3.8) is 0 Å². The molecule has 0 spiro atoms. The van der Waals surface area contributed by atoms with Gasteiger partial charge in [0.25, 0.3) is 0 Å². The van der Waals surface area contributed by atoms with Crippen LogP contribution in [-0.2, 0) is 19.3 Å². The molecule has 1 aromatic carbocycles. The lowest BCUT2D eigenvalue weighted by molar-refractivity contribution is 0.996. The van der Waals surface area contributed by atoms with E-state index in [2.05, 4.69) is 39.8 Å². The van der Waals surface area contributed by atoms with E-state index in [4.69, 9.17) is 0 Å². The zero-order valence-corrected chi connectivity index (χ0v) is 9.28. The molecule has 0 atom stereocenters.